The van der Waals surface area contributed by atoms with Crippen molar-refractivity contribution in [3.8, 4) is 0 Å². The van der Waals surface area contributed by atoms with Gasteiger partial charge in [0.05, 0.1) is 0 Å². The number of nitrogens with two attached hydrogens (primary N) is 1. The third kappa shape index (κ3) is 4.66. The molecule has 0 amide bonds. The van der Waals surface area contributed by atoms with Crippen LogP contribution in [0.2, 0.25) is 0 Å². The summed E-state index contributed by atoms with van der Waals surface area (Å²) in [4.78, 5) is 9.76. The van der Waals surface area contributed by atoms with Crippen LogP contribution in [0.25, 0.3) is 0 Å². The molecule has 3 nitrogen and oxygen atoms in total. The lowest BCUT2D eigenvalue weighted by molar-refractivity contribution is -0.137. The van der Waals surface area contributed by atoms with Gasteiger partial charge in [0.25, 0.3) is 0 Å². The Morgan fingerprint density at radius 3 is 2.25 bits per heavy atom. The molecule has 8 heavy (non-hydrogen) atoms. The summed E-state index contributed by atoms with van der Waals surface area (Å²) in [6.45, 7) is 0. The molecule has 1 unspecified atom stereocenters. The molecule has 0 bridgehead atoms. The van der Waals surface area contributed by atoms with Gasteiger partial charge in [-0.2, -0.15) is 12.6 Å². The van der Waals surface area contributed by atoms with E-state index >= 15 is 0 Å². The van der Waals surface area contributed by atoms with Crippen molar-refractivity contribution in [3.05, 3.63) is 0 Å². The molecule has 0 aromatic carbocycles. The number of hydrogen-bond donors (Lipinski definition) is 3. The van der Waals surface area contributed by atoms with Gasteiger partial charge in [-0.1, -0.05) is 0 Å². The molecule has 0 aromatic heterocycles. The molecule has 50 valence electrons. The third-order valence-corrected chi connectivity index (χ3v) is 0.907. The maximum Gasteiger partial charge on any atom is 0.321 e. The normalized spacial score (nSPS) is 11.8. The SMILES string of the molecule is I.NC(CS)C(=O)O. The van der Waals surface area contributed by atoms with E-state index in [1.165, 1.54) is 0 Å². The minimum absolute atomic E-state index is 0. The lowest BCUT2D eigenvalue weighted by atomic mass is 10.4. The highest BCUT2D eigenvalue weighted by Gasteiger charge is 2.06. The van der Waals surface area contributed by atoms with E-state index in [-0.39, 0.29) is 29.7 Å². The van der Waals surface area contributed by atoms with Crippen LogP contribution in [0.5, 0.6) is 0 Å². The smallest absolute Gasteiger partial charge is 0.321 e. The first-order valence-electron chi connectivity index (χ1n) is 1.77. The fourth-order valence-corrected chi connectivity index (χ4v) is 0.234. The Balaban J connectivity index is 0. The van der Waals surface area contributed by atoms with Crippen molar-refractivity contribution in [2.75, 3.05) is 5.75 Å². The minimum atomic E-state index is -1.00. The molecule has 0 fully saturated rings. The van der Waals surface area contributed by atoms with Crippen molar-refractivity contribution in [2.45, 2.75) is 6.04 Å². The summed E-state index contributed by atoms with van der Waals surface area (Å²) in [5, 5.41) is 8.01. The molecule has 0 rings (SSSR count). The van der Waals surface area contributed by atoms with Crippen molar-refractivity contribution in [3.63, 3.8) is 0 Å². The average molecular weight is 249 g/mol. The topological polar surface area (TPSA) is 63.3 Å². The number of carboxylic acid groups (broad SMARTS) is 1. The Bertz CT molecular complexity index is 79.7. The van der Waals surface area contributed by atoms with Crippen molar-refractivity contribution in [1.82, 2.24) is 0 Å². The van der Waals surface area contributed by atoms with E-state index in [1.807, 2.05) is 0 Å². The van der Waals surface area contributed by atoms with Gasteiger partial charge in [0.1, 0.15) is 6.04 Å². The predicted molar refractivity (Wildman–Crippen MR) is 44.9 cm³/mol. The maximum absolute atomic E-state index is 9.76. The molecular weight excluding hydrogens is 241 g/mol. The Kier molecular flexibility index (Phi) is 7.99. The predicted octanol–water partition coefficient (Wildman–Crippen LogP) is -0.0539. The molecule has 0 aliphatic carbocycles. The zero-order chi connectivity index (χ0) is 5.86. The number of hydrogen-bond acceptors (Lipinski definition) is 3. The average Bonchev–Trinajstić information content (AvgIpc) is 1.65. The molecular formula is C3H8INO2S. The first-order valence-corrected chi connectivity index (χ1v) is 2.41. The van der Waals surface area contributed by atoms with E-state index in [9.17, 15) is 4.79 Å². The zero-order valence-electron chi connectivity index (χ0n) is 4.07. The number of halogens is 1. The van der Waals surface area contributed by atoms with E-state index in [0.29, 0.717) is 0 Å². The van der Waals surface area contributed by atoms with E-state index in [4.69, 9.17) is 10.8 Å². The fourth-order valence-electron chi connectivity index (χ4n) is 0.0781. The summed E-state index contributed by atoms with van der Waals surface area (Å²) in [6.07, 6.45) is 0. The summed E-state index contributed by atoms with van der Waals surface area (Å²) in [5.41, 5.74) is 4.94. The van der Waals surface area contributed by atoms with Crippen LogP contribution in [0.15, 0.2) is 0 Å². The van der Waals surface area contributed by atoms with Crippen molar-refractivity contribution in [2.24, 2.45) is 5.73 Å². The van der Waals surface area contributed by atoms with Crippen molar-refractivity contribution in [1.29, 1.82) is 0 Å². The highest BCUT2D eigenvalue weighted by Crippen LogP contribution is 1.80. The molecule has 0 saturated carbocycles. The number of carboxylic acids is 1. The number of aliphatic carboxylic acids is 1. The quantitative estimate of drug-likeness (QED) is 0.474. The Labute approximate surface area is 70.1 Å². The standard InChI is InChI=1S/C3H7NO2S.HI/c4-2(1-7)3(5)6;/h2,7H,1,4H2,(H,5,6);1H. The summed E-state index contributed by atoms with van der Waals surface area (Å²) < 4.78 is 0. The molecule has 5 heteroatoms. The van der Waals surface area contributed by atoms with Crippen molar-refractivity contribution >= 4 is 42.6 Å². The maximum atomic E-state index is 9.76. The van der Waals surface area contributed by atoms with Gasteiger partial charge in [-0.3, -0.25) is 4.79 Å². The van der Waals surface area contributed by atoms with Crippen molar-refractivity contribution < 1.29 is 9.90 Å². The van der Waals surface area contributed by atoms with E-state index in [2.05, 4.69) is 12.6 Å². The van der Waals surface area contributed by atoms with Crippen LogP contribution in [-0.4, -0.2) is 22.9 Å². The first-order chi connectivity index (χ1) is 3.18. The lowest BCUT2D eigenvalue weighted by Crippen LogP contribution is -2.31. The molecule has 0 aliphatic heterocycles. The monoisotopic (exact) mass is 249 g/mol. The molecule has 0 heterocycles. The Morgan fingerprint density at radius 2 is 2.25 bits per heavy atom. The van der Waals surface area contributed by atoms with Gasteiger partial charge in [0, 0.05) is 5.75 Å². The molecule has 0 aliphatic rings. The number of thiol groups is 1. The number of rotatable bonds is 2. The molecule has 3 N–H and O–H groups in total. The molecule has 0 spiro atoms. The van der Waals surface area contributed by atoms with Gasteiger partial charge in [0.2, 0.25) is 0 Å². The second-order valence-electron chi connectivity index (χ2n) is 1.13. The number of carbonyl (C=O) groups is 1. The van der Waals surface area contributed by atoms with Gasteiger partial charge in [-0.15, -0.1) is 24.0 Å². The third-order valence-electron chi connectivity index (χ3n) is 0.514. The van der Waals surface area contributed by atoms with Gasteiger partial charge in [0.15, 0.2) is 0 Å². The first kappa shape index (κ1) is 11.3. The molecule has 0 saturated heterocycles. The van der Waals surface area contributed by atoms with Crippen LogP contribution in [0.1, 0.15) is 0 Å². The Hall–Kier alpha value is 0.510. The summed E-state index contributed by atoms with van der Waals surface area (Å²) >= 11 is 3.65. The van der Waals surface area contributed by atoms with Crippen LogP contribution in [0.4, 0.5) is 0 Å². The second-order valence-corrected chi connectivity index (χ2v) is 1.49. The van der Waals surface area contributed by atoms with Crippen LogP contribution >= 0.6 is 36.6 Å². The van der Waals surface area contributed by atoms with Gasteiger partial charge < -0.3 is 10.8 Å². The minimum Gasteiger partial charge on any atom is -0.480 e. The van der Waals surface area contributed by atoms with Gasteiger partial charge in [-0.25, -0.2) is 0 Å². The fraction of sp³-hybridized carbons (Fsp3) is 0.667. The van der Waals surface area contributed by atoms with Gasteiger partial charge >= 0.3 is 5.97 Å². The summed E-state index contributed by atoms with van der Waals surface area (Å²) in [5.74, 6) is -0.815. The Morgan fingerprint density at radius 1 is 1.88 bits per heavy atom. The molecule has 0 aromatic rings. The summed E-state index contributed by atoms with van der Waals surface area (Å²) in [6, 6.07) is -0.816. The van der Waals surface area contributed by atoms with E-state index < -0.39 is 12.0 Å². The molecule has 1 atom stereocenters. The highest BCUT2D eigenvalue weighted by molar-refractivity contribution is 14.0. The lowest BCUT2D eigenvalue weighted by Gasteiger charge is -1.96. The van der Waals surface area contributed by atoms with Crippen LogP contribution in [0, 0.1) is 0 Å². The van der Waals surface area contributed by atoms with Gasteiger partial charge in [-0.05, 0) is 0 Å². The highest BCUT2D eigenvalue weighted by atomic mass is 127. The summed E-state index contributed by atoms with van der Waals surface area (Å²) in [7, 11) is 0. The van der Waals surface area contributed by atoms with E-state index in [0.717, 1.165) is 0 Å². The second kappa shape index (κ2) is 5.64. The van der Waals surface area contributed by atoms with Crippen LogP contribution in [-0.2, 0) is 4.79 Å². The van der Waals surface area contributed by atoms with Crippen LogP contribution in [0.3, 0.4) is 0 Å². The van der Waals surface area contributed by atoms with E-state index in [1.54, 1.807) is 0 Å². The zero-order valence-corrected chi connectivity index (χ0v) is 7.30. The van der Waals surface area contributed by atoms with Crippen LogP contribution < -0.4 is 5.73 Å². The molecule has 0 radical (unpaired) electrons. The largest absolute Gasteiger partial charge is 0.480 e.